The SMILES string of the molecule is Cc1ccccc1-c1nnc(SCC(=O)Nc2nc(C)c(Cl)cc2Cl)o1. The number of aryl methyl sites for hydroxylation is 2. The smallest absolute Gasteiger partial charge is 0.277 e. The van der Waals surface area contributed by atoms with Crippen LogP contribution < -0.4 is 5.32 Å². The maximum absolute atomic E-state index is 12.1. The molecule has 0 unspecified atom stereocenters. The first-order chi connectivity index (χ1) is 12.4. The number of halogens is 2. The van der Waals surface area contributed by atoms with Crippen LogP contribution in [0.25, 0.3) is 11.5 Å². The van der Waals surface area contributed by atoms with Gasteiger partial charge >= 0.3 is 0 Å². The van der Waals surface area contributed by atoms with Crippen LogP contribution >= 0.6 is 35.0 Å². The number of nitrogens with zero attached hydrogens (tertiary/aromatic N) is 3. The molecule has 3 aromatic rings. The standard InChI is InChI=1S/C17H14Cl2N4O2S/c1-9-5-3-4-6-11(9)16-22-23-17(25-16)26-8-14(24)21-15-13(19)7-12(18)10(2)20-15/h3-7H,8H2,1-2H3,(H,20,21,24). The lowest BCUT2D eigenvalue weighted by Crippen LogP contribution is -2.15. The lowest BCUT2D eigenvalue weighted by atomic mass is 10.1. The molecular formula is C17H14Cl2N4O2S. The van der Waals surface area contributed by atoms with Gasteiger partial charge in [-0.2, -0.15) is 0 Å². The number of hydrogen-bond donors (Lipinski definition) is 1. The lowest BCUT2D eigenvalue weighted by molar-refractivity contribution is -0.113. The summed E-state index contributed by atoms with van der Waals surface area (Å²) >= 11 is 13.1. The van der Waals surface area contributed by atoms with Crippen molar-refractivity contribution >= 4 is 46.7 Å². The van der Waals surface area contributed by atoms with Gasteiger partial charge in [-0.05, 0) is 31.5 Å². The van der Waals surface area contributed by atoms with Gasteiger partial charge in [-0.15, -0.1) is 10.2 Å². The molecule has 0 atom stereocenters. The number of amides is 1. The zero-order valence-corrected chi connectivity index (χ0v) is 16.2. The van der Waals surface area contributed by atoms with Gasteiger partial charge in [0.1, 0.15) is 0 Å². The first-order valence-electron chi connectivity index (χ1n) is 7.59. The van der Waals surface area contributed by atoms with E-state index in [1.54, 1.807) is 13.0 Å². The van der Waals surface area contributed by atoms with Crippen molar-refractivity contribution in [3.63, 3.8) is 0 Å². The summed E-state index contributed by atoms with van der Waals surface area (Å²) in [5, 5.41) is 11.7. The quantitative estimate of drug-likeness (QED) is 0.611. The Balaban J connectivity index is 1.62. The summed E-state index contributed by atoms with van der Waals surface area (Å²) in [6.45, 7) is 3.69. The molecule has 1 aromatic carbocycles. The number of anilines is 1. The van der Waals surface area contributed by atoms with E-state index in [4.69, 9.17) is 27.6 Å². The molecule has 0 aliphatic heterocycles. The highest BCUT2D eigenvalue weighted by Crippen LogP contribution is 2.27. The van der Waals surface area contributed by atoms with Gasteiger partial charge in [0.15, 0.2) is 5.82 Å². The fourth-order valence-electron chi connectivity index (χ4n) is 2.13. The average Bonchev–Trinajstić information content (AvgIpc) is 3.07. The Morgan fingerprint density at radius 3 is 2.73 bits per heavy atom. The van der Waals surface area contributed by atoms with Gasteiger partial charge < -0.3 is 9.73 Å². The number of carbonyl (C=O) groups is 1. The minimum atomic E-state index is -0.290. The highest BCUT2D eigenvalue weighted by atomic mass is 35.5. The van der Waals surface area contributed by atoms with E-state index in [0.717, 1.165) is 22.9 Å². The second kappa shape index (κ2) is 8.07. The molecule has 3 rings (SSSR count). The number of hydrogen-bond acceptors (Lipinski definition) is 6. The molecule has 9 heteroatoms. The molecule has 0 aliphatic rings. The highest BCUT2D eigenvalue weighted by molar-refractivity contribution is 7.99. The highest BCUT2D eigenvalue weighted by Gasteiger charge is 2.14. The van der Waals surface area contributed by atoms with Crippen molar-refractivity contribution in [3.05, 3.63) is 51.6 Å². The van der Waals surface area contributed by atoms with E-state index >= 15 is 0 Å². The maximum atomic E-state index is 12.1. The van der Waals surface area contributed by atoms with Crippen LogP contribution in [0.5, 0.6) is 0 Å². The Morgan fingerprint density at radius 2 is 1.96 bits per heavy atom. The molecule has 2 aromatic heterocycles. The van der Waals surface area contributed by atoms with E-state index in [-0.39, 0.29) is 22.5 Å². The number of pyridine rings is 1. The summed E-state index contributed by atoms with van der Waals surface area (Å²) in [7, 11) is 0. The summed E-state index contributed by atoms with van der Waals surface area (Å²) in [6.07, 6.45) is 0. The van der Waals surface area contributed by atoms with Crippen LogP contribution in [-0.2, 0) is 4.79 Å². The van der Waals surface area contributed by atoms with Crippen molar-refractivity contribution in [2.24, 2.45) is 0 Å². The molecule has 0 saturated carbocycles. The molecule has 6 nitrogen and oxygen atoms in total. The van der Waals surface area contributed by atoms with Gasteiger partial charge in [0.25, 0.3) is 5.22 Å². The molecule has 0 spiro atoms. The van der Waals surface area contributed by atoms with E-state index in [2.05, 4.69) is 20.5 Å². The van der Waals surface area contributed by atoms with Crippen molar-refractivity contribution in [1.29, 1.82) is 0 Å². The summed E-state index contributed by atoms with van der Waals surface area (Å²) in [6, 6.07) is 9.25. The molecule has 1 N–H and O–H groups in total. The number of nitrogens with one attached hydrogen (secondary N) is 1. The van der Waals surface area contributed by atoms with E-state index in [1.165, 1.54) is 0 Å². The summed E-state index contributed by atoms with van der Waals surface area (Å²) in [5.74, 6) is 0.478. The number of aromatic nitrogens is 3. The van der Waals surface area contributed by atoms with Gasteiger partial charge in [0.05, 0.1) is 21.5 Å². The van der Waals surface area contributed by atoms with Gasteiger partial charge in [-0.25, -0.2) is 4.98 Å². The van der Waals surface area contributed by atoms with Crippen LogP contribution in [0, 0.1) is 13.8 Å². The van der Waals surface area contributed by atoms with Crippen LogP contribution in [0.1, 0.15) is 11.3 Å². The number of benzene rings is 1. The fraction of sp³-hybridized carbons (Fsp3) is 0.176. The maximum Gasteiger partial charge on any atom is 0.277 e. The van der Waals surface area contributed by atoms with Gasteiger partial charge in [0, 0.05) is 5.56 Å². The van der Waals surface area contributed by atoms with Crippen LogP contribution in [0.3, 0.4) is 0 Å². The number of rotatable bonds is 5. The minimum Gasteiger partial charge on any atom is -0.411 e. The normalized spacial score (nSPS) is 10.8. The molecule has 0 radical (unpaired) electrons. The first-order valence-corrected chi connectivity index (χ1v) is 9.33. The van der Waals surface area contributed by atoms with Crippen molar-refractivity contribution in [3.8, 4) is 11.5 Å². The van der Waals surface area contributed by atoms with Gasteiger partial charge in [0.2, 0.25) is 11.8 Å². The third-order valence-corrected chi connectivity index (χ3v) is 4.96. The molecule has 0 bridgehead atoms. The third-order valence-electron chi connectivity index (χ3n) is 3.47. The fourth-order valence-corrected chi connectivity index (χ4v) is 3.10. The van der Waals surface area contributed by atoms with Crippen molar-refractivity contribution in [1.82, 2.24) is 15.2 Å². The summed E-state index contributed by atoms with van der Waals surface area (Å²) < 4.78 is 5.61. The van der Waals surface area contributed by atoms with Gasteiger partial charge in [-0.3, -0.25) is 4.79 Å². The predicted molar refractivity (Wildman–Crippen MR) is 103 cm³/mol. The summed E-state index contributed by atoms with van der Waals surface area (Å²) in [5.41, 5.74) is 2.48. The second-order valence-electron chi connectivity index (χ2n) is 5.41. The predicted octanol–water partition coefficient (Wildman–Crippen LogP) is 4.79. The Morgan fingerprint density at radius 1 is 1.19 bits per heavy atom. The molecule has 134 valence electrons. The van der Waals surface area contributed by atoms with Crippen LogP contribution in [-0.4, -0.2) is 26.8 Å². The van der Waals surface area contributed by atoms with Crippen molar-refractivity contribution in [2.75, 3.05) is 11.1 Å². The van der Waals surface area contributed by atoms with E-state index < -0.39 is 0 Å². The average molecular weight is 409 g/mol. The molecule has 26 heavy (non-hydrogen) atoms. The Hall–Kier alpha value is -2.09. The van der Waals surface area contributed by atoms with Crippen LogP contribution in [0.2, 0.25) is 10.0 Å². The largest absolute Gasteiger partial charge is 0.411 e. The molecule has 0 aliphatic carbocycles. The molecule has 0 saturated heterocycles. The van der Waals surface area contributed by atoms with E-state index in [9.17, 15) is 4.79 Å². The Bertz CT molecular complexity index is 962. The Kier molecular flexibility index (Phi) is 5.80. The van der Waals surface area contributed by atoms with Gasteiger partial charge in [-0.1, -0.05) is 53.2 Å². The van der Waals surface area contributed by atoms with Crippen LogP contribution in [0.4, 0.5) is 5.82 Å². The summed E-state index contributed by atoms with van der Waals surface area (Å²) in [4.78, 5) is 16.3. The zero-order chi connectivity index (χ0) is 18.7. The van der Waals surface area contributed by atoms with Crippen LogP contribution in [0.15, 0.2) is 40.0 Å². The minimum absolute atomic E-state index is 0.0785. The second-order valence-corrected chi connectivity index (χ2v) is 7.15. The topological polar surface area (TPSA) is 80.9 Å². The first kappa shape index (κ1) is 18.7. The Labute approximate surface area is 164 Å². The molecular weight excluding hydrogens is 395 g/mol. The third kappa shape index (κ3) is 4.35. The van der Waals surface area contributed by atoms with E-state index in [0.29, 0.717) is 21.8 Å². The number of carbonyl (C=O) groups excluding carboxylic acids is 1. The number of thioether (sulfide) groups is 1. The monoisotopic (exact) mass is 408 g/mol. The molecule has 1 amide bonds. The molecule has 0 fully saturated rings. The zero-order valence-electron chi connectivity index (χ0n) is 13.9. The van der Waals surface area contributed by atoms with E-state index in [1.807, 2.05) is 31.2 Å². The van der Waals surface area contributed by atoms with Crippen molar-refractivity contribution < 1.29 is 9.21 Å². The molecule has 2 heterocycles. The lowest BCUT2D eigenvalue weighted by Gasteiger charge is -2.07. The van der Waals surface area contributed by atoms with Crippen molar-refractivity contribution in [2.45, 2.75) is 19.1 Å².